The summed E-state index contributed by atoms with van der Waals surface area (Å²) in [7, 11) is 0. The number of amides is 1. The van der Waals surface area contributed by atoms with Crippen molar-refractivity contribution in [3.05, 3.63) is 83.8 Å². The monoisotopic (exact) mass is 523 g/mol. The number of carbonyl (C=O) groups is 1. The Morgan fingerprint density at radius 1 is 0.921 bits per heavy atom. The van der Waals surface area contributed by atoms with Crippen LogP contribution in [0.25, 0.3) is 33.7 Å². The van der Waals surface area contributed by atoms with E-state index in [0.717, 1.165) is 23.0 Å². The smallest absolute Gasteiger partial charge is 0.280 e. The van der Waals surface area contributed by atoms with Gasteiger partial charge in [-0.25, -0.2) is 37.5 Å². The zero-order chi connectivity index (χ0) is 26.8. The fourth-order valence-corrected chi connectivity index (χ4v) is 3.76. The van der Waals surface area contributed by atoms with E-state index in [-0.39, 0.29) is 40.9 Å². The molecule has 9 nitrogen and oxygen atoms in total. The van der Waals surface area contributed by atoms with Crippen LogP contribution in [0.3, 0.4) is 0 Å². The Morgan fingerprint density at radius 2 is 1.68 bits per heavy atom. The van der Waals surface area contributed by atoms with Gasteiger partial charge in [-0.3, -0.25) is 9.78 Å². The van der Waals surface area contributed by atoms with Gasteiger partial charge in [0.1, 0.15) is 23.3 Å². The highest BCUT2D eigenvalue weighted by Gasteiger charge is 2.23. The number of aromatic nitrogens is 5. The average Bonchev–Trinajstić information content (AvgIpc) is 3.46. The van der Waals surface area contributed by atoms with E-state index in [4.69, 9.17) is 10.2 Å². The molecule has 0 bridgehead atoms. The van der Waals surface area contributed by atoms with Crippen LogP contribution in [0.1, 0.15) is 40.3 Å². The maximum absolute atomic E-state index is 13.1. The Morgan fingerprint density at radius 3 is 2.37 bits per heavy atom. The van der Waals surface area contributed by atoms with Crippen LogP contribution in [0.2, 0.25) is 0 Å². The van der Waals surface area contributed by atoms with Crippen LogP contribution < -0.4 is 11.1 Å². The number of fused-ring (bicyclic) bond motifs is 1. The fourth-order valence-electron chi connectivity index (χ4n) is 3.76. The first kappa shape index (κ1) is 24.7. The average molecular weight is 523 g/mol. The standard InChI is InChI=1S/C25H17F4N7O2/c26-21(27)16-8-12(9-17(34-16)22(28)29)11-33-24(37)20-23(30)36-19(25-32-6-7-38-25)18(35-20)14-3-4-15-13(10-14)2-1-5-31-15/h1-10,21-22H,11H2,(H2,30,36)(H,33,37). The maximum atomic E-state index is 13.1. The first-order valence-electron chi connectivity index (χ1n) is 11.1. The van der Waals surface area contributed by atoms with Crippen molar-refractivity contribution in [2.75, 3.05) is 5.73 Å². The van der Waals surface area contributed by atoms with Gasteiger partial charge < -0.3 is 15.5 Å². The van der Waals surface area contributed by atoms with E-state index in [1.54, 1.807) is 30.5 Å². The molecule has 0 aliphatic heterocycles. The lowest BCUT2D eigenvalue weighted by atomic mass is 10.1. The highest BCUT2D eigenvalue weighted by Crippen LogP contribution is 2.31. The predicted octanol–water partition coefficient (Wildman–Crippen LogP) is 5.13. The zero-order valence-electron chi connectivity index (χ0n) is 19.3. The molecule has 5 rings (SSSR count). The van der Waals surface area contributed by atoms with Gasteiger partial charge >= 0.3 is 0 Å². The quantitative estimate of drug-likeness (QED) is 0.281. The zero-order valence-corrected chi connectivity index (χ0v) is 19.3. The number of halogens is 4. The second-order valence-electron chi connectivity index (χ2n) is 8.01. The molecule has 0 radical (unpaired) electrons. The lowest BCUT2D eigenvalue weighted by Crippen LogP contribution is -2.26. The number of nitrogen functional groups attached to an aromatic ring is 1. The summed E-state index contributed by atoms with van der Waals surface area (Å²) in [4.78, 5) is 33.4. The first-order chi connectivity index (χ1) is 18.3. The largest absolute Gasteiger partial charge is 0.443 e. The van der Waals surface area contributed by atoms with Gasteiger partial charge in [-0.2, -0.15) is 0 Å². The van der Waals surface area contributed by atoms with Crippen LogP contribution in [-0.2, 0) is 6.54 Å². The lowest BCUT2D eigenvalue weighted by molar-refractivity contribution is 0.0946. The molecule has 0 saturated carbocycles. The number of nitrogens with two attached hydrogens (primary N) is 1. The van der Waals surface area contributed by atoms with Crippen molar-refractivity contribution in [2.24, 2.45) is 0 Å². The molecular formula is C25H17F4N7O2. The molecule has 1 amide bonds. The van der Waals surface area contributed by atoms with Crippen molar-refractivity contribution in [2.45, 2.75) is 19.4 Å². The number of nitrogens with zero attached hydrogens (tertiary/aromatic N) is 5. The molecule has 0 aliphatic carbocycles. The Kier molecular flexibility index (Phi) is 6.64. The first-order valence-corrected chi connectivity index (χ1v) is 11.1. The second-order valence-corrected chi connectivity index (χ2v) is 8.01. The number of nitrogens with one attached hydrogen (secondary N) is 1. The van der Waals surface area contributed by atoms with Crippen LogP contribution in [0.5, 0.6) is 0 Å². The van der Waals surface area contributed by atoms with Crippen molar-refractivity contribution in [1.29, 1.82) is 0 Å². The third kappa shape index (κ3) is 4.98. The van der Waals surface area contributed by atoms with Crippen LogP contribution in [0.4, 0.5) is 23.4 Å². The maximum Gasteiger partial charge on any atom is 0.280 e. The Balaban J connectivity index is 1.51. The highest BCUT2D eigenvalue weighted by molar-refractivity contribution is 5.98. The van der Waals surface area contributed by atoms with Gasteiger partial charge in [-0.1, -0.05) is 12.1 Å². The van der Waals surface area contributed by atoms with Gasteiger partial charge in [0.05, 0.1) is 11.7 Å². The summed E-state index contributed by atoms with van der Waals surface area (Å²) in [6, 6.07) is 10.8. The molecule has 0 unspecified atom stereocenters. The summed E-state index contributed by atoms with van der Waals surface area (Å²) in [5, 5.41) is 3.26. The molecule has 0 saturated heterocycles. The second kappa shape index (κ2) is 10.2. The van der Waals surface area contributed by atoms with E-state index in [0.29, 0.717) is 5.56 Å². The Hall–Kier alpha value is -4.94. The molecule has 3 N–H and O–H groups in total. The van der Waals surface area contributed by atoms with Crippen molar-refractivity contribution >= 4 is 22.6 Å². The summed E-state index contributed by atoms with van der Waals surface area (Å²) >= 11 is 0. The topological polar surface area (TPSA) is 133 Å². The van der Waals surface area contributed by atoms with Gasteiger partial charge in [0.15, 0.2) is 17.2 Å². The minimum Gasteiger partial charge on any atom is -0.443 e. The van der Waals surface area contributed by atoms with Crippen molar-refractivity contribution in [1.82, 2.24) is 30.2 Å². The van der Waals surface area contributed by atoms with E-state index in [2.05, 4.69) is 30.2 Å². The molecule has 0 fully saturated rings. The summed E-state index contributed by atoms with van der Waals surface area (Å²) in [5.41, 5.74) is 5.86. The summed E-state index contributed by atoms with van der Waals surface area (Å²) < 4.78 is 57.9. The van der Waals surface area contributed by atoms with Gasteiger partial charge in [-0.05, 0) is 35.9 Å². The van der Waals surface area contributed by atoms with Crippen molar-refractivity contribution < 1.29 is 26.8 Å². The Bertz CT molecular complexity index is 1600. The van der Waals surface area contributed by atoms with Gasteiger partial charge in [0.2, 0.25) is 5.89 Å². The van der Waals surface area contributed by atoms with E-state index < -0.39 is 30.1 Å². The van der Waals surface area contributed by atoms with E-state index in [1.165, 1.54) is 12.5 Å². The molecule has 0 spiro atoms. The number of hydrogen-bond acceptors (Lipinski definition) is 8. The summed E-state index contributed by atoms with van der Waals surface area (Å²) in [6.45, 7) is -0.361. The minimum absolute atomic E-state index is 0.00383. The number of rotatable bonds is 7. The SMILES string of the molecule is Nc1nc(-c2ncco2)c(-c2ccc3ncccc3c2)nc1C(=O)NCc1cc(C(F)F)nc(C(F)F)c1. The van der Waals surface area contributed by atoms with Crippen LogP contribution in [-0.4, -0.2) is 30.8 Å². The highest BCUT2D eigenvalue weighted by atomic mass is 19.3. The molecule has 5 aromatic rings. The number of pyridine rings is 2. The third-order valence-corrected chi connectivity index (χ3v) is 5.47. The number of hydrogen-bond donors (Lipinski definition) is 2. The van der Waals surface area contributed by atoms with E-state index >= 15 is 0 Å². The fraction of sp³-hybridized carbons (Fsp3) is 0.120. The lowest BCUT2D eigenvalue weighted by Gasteiger charge is -2.13. The number of oxazole rings is 1. The normalized spacial score (nSPS) is 11.4. The Labute approximate surface area is 211 Å². The van der Waals surface area contributed by atoms with Gasteiger partial charge in [-0.15, -0.1) is 0 Å². The minimum atomic E-state index is -3.06. The molecular weight excluding hydrogens is 506 g/mol. The van der Waals surface area contributed by atoms with Gasteiger partial charge in [0, 0.05) is 23.7 Å². The molecule has 4 heterocycles. The van der Waals surface area contributed by atoms with E-state index in [1.807, 2.05) is 6.07 Å². The molecule has 0 aliphatic rings. The molecule has 192 valence electrons. The summed E-state index contributed by atoms with van der Waals surface area (Å²) in [6.07, 6.45) is -1.71. The van der Waals surface area contributed by atoms with Crippen LogP contribution in [0.15, 0.2) is 65.5 Å². The molecule has 4 aromatic heterocycles. The van der Waals surface area contributed by atoms with Crippen molar-refractivity contribution in [3.63, 3.8) is 0 Å². The molecule has 1 aromatic carbocycles. The van der Waals surface area contributed by atoms with Crippen molar-refractivity contribution in [3.8, 4) is 22.8 Å². The van der Waals surface area contributed by atoms with Crippen LogP contribution in [0, 0.1) is 0 Å². The van der Waals surface area contributed by atoms with E-state index in [9.17, 15) is 22.4 Å². The van der Waals surface area contributed by atoms with Gasteiger partial charge in [0.25, 0.3) is 18.8 Å². The predicted molar refractivity (Wildman–Crippen MR) is 128 cm³/mol. The number of benzene rings is 1. The number of carbonyl (C=O) groups excluding carboxylic acids is 1. The van der Waals surface area contributed by atoms with Crippen LogP contribution >= 0.6 is 0 Å². The third-order valence-electron chi connectivity index (χ3n) is 5.47. The number of anilines is 1. The molecule has 13 heteroatoms. The number of alkyl halides is 4. The summed E-state index contributed by atoms with van der Waals surface area (Å²) in [5.74, 6) is -0.932. The molecule has 0 atom stereocenters. The molecule has 38 heavy (non-hydrogen) atoms.